The highest BCUT2D eigenvalue weighted by molar-refractivity contribution is 6.32. The van der Waals surface area contributed by atoms with E-state index in [0.717, 1.165) is 5.56 Å². The fourth-order valence-corrected chi connectivity index (χ4v) is 3.17. The molecule has 0 saturated heterocycles. The standard InChI is InChI=1S/C20H19ClN4O3/c1-3-15-16(9-6-13(10-22)17(15)21)23-18(11(2)26)20-25-24-19(28-20)12-4-7-14(27)8-5-12/h4-9,11,18,23,26-27H,3H2,1-2H3/t11-,18+/m0/s1. The van der Waals surface area contributed by atoms with Crippen molar-refractivity contribution in [2.24, 2.45) is 0 Å². The maximum absolute atomic E-state index is 10.3. The Bertz CT molecular complexity index is 1010. The van der Waals surface area contributed by atoms with Gasteiger partial charge < -0.3 is 19.9 Å². The number of halogens is 1. The van der Waals surface area contributed by atoms with E-state index in [4.69, 9.17) is 21.3 Å². The molecular weight excluding hydrogens is 380 g/mol. The van der Waals surface area contributed by atoms with Gasteiger partial charge in [-0.05, 0) is 55.3 Å². The maximum Gasteiger partial charge on any atom is 0.247 e. The number of benzene rings is 2. The minimum Gasteiger partial charge on any atom is -0.508 e. The number of hydrogen-bond donors (Lipinski definition) is 3. The minimum absolute atomic E-state index is 0.136. The monoisotopic (exact) mass is 398 g/mol. The molecule has 0 saturated carbocycles. The fourth-order valence-electron chi connectivity index (χ4n) is 2.83. The van der Waals surface area contributed by atoms with Gasteiger partial charge in [0.1, 0.15) is 17.9 Å². The first-order valence-electron chi connectivity index (χ1n) is 8.73. The third-order valence-corrected chi connectivity index (χ3v) is 4.76. The molecule has 1 aromatic heterocycles. The van der Waals surface area contributed by atoms with Crippen molar-refractivity contribution in [3.63, 3.8) is 0 Å². The summed E-state index contributed by atoms with van der Waals surface area (Å²) < 4.78 is 5.74. The number of phenolic OH excluding ortho intramolecular Hbond substituents is 1. The van der Waals surface area contributed by atoms with Gasteiger partial charge in [0.15, 0.2) is 0 Å². The fraction of sp³-hybridized carbons (Fsp3) is 0.250. The highest BCUT2D eigenvalue weighted by Crippen LogP contribution is 2.32. The second-order valence-corrected chi connectivity index (χ2v) is 6.65. The molecule has 0 unspecified atom stereocenters. The van der Waals surface area contributed by atoms with Crippen LogP contribution in [0, 0.1) is 11.3 Å². The van der Waals surface area contributed by atoms with Crippen LogP contribution in [0.4, 0.5) is 5.69 Å². The molecular formula is C20H19ClN4O3. The summed E-state index contributed by atoms with van der Waals surface area (Å²) in [5, 5.41) is 40.5. The van der Waals surface area contributed by atoms with E-state index in [0.29, 0.717) is 28.3 Å². The van der Waals surface area contributed by atoms with Gasteiger partial charge in [-0.2, -0.15) is 5.26 Å². The van der Waals surface area contributed by atoms with E-state index >= 15 is 0 Å². The second-order valence-electron chi connectivity index (χ2n) is 6.27. The van der Waals surface area contributed by atoms with E-state index < -0.39 is 12.1 Å². The van der Waals surface area contributed by atoms with Gasteiger partial charge in [-0.25, -0.2) is 0 Å². The number of rotatable bonds is 6. The number of aromatic hydroxyl groups is 1. The van der Waals surface area contributed by atoms with Gasteiger partial charge in [-0.15, -0.1) is 10.2 Å². The Kier molecular flexibility index (Phi) is 5.83. The van der Waals surface area contributed by atoms with Crippen LogP contribution in [-0.4, -0.2) is 26.5 Å². The first kappa shape index (κ1) is 19.7. The molecule has 3 aromatic rings. The quantitative estimate of drug-likeness (QED) is 0.573. The molecule has 0 aliphatic heterocycles. The molecule has 2 aromatic carbocycles. The molecule has 28 heavy (non-hydrogen) atoms. The van der Waals surface area contributed by atoms with E-state index in [2.05, 4.69) is 21.6 Å². The number of aromatic nitrogens is 2. The summed E-state index contributed by atoms with van der Waals surface area (Å²) >= 11 is 6.32. The Labute approximate surface area is 167 Å². The van der Waals surface area contributed by atoms with Gasteiger partial charge in [-0.3, -0.25) is 0 Å². The summed E-state index contributed by atoms with van der Waals surface area (Å²) in [4.78, 5) is 0. The number of aliphatic hydroxyl groups excluding tert-OH is 1. The van der Waals surface area contributed by atoms with Crippen LogP contribution >= 0.6 is 11.6 Å². The van der Waals surface area contributed by atoms with Crippen LogP contribution in [-0.2, 0) is 6.42 Å². The Morgan fingerprint density at radius 1 is 1.21 bits per heavy atom. The van der Waals surface area contributed by atoms with Gasteiger partial charge in [0, 0.05) is 11.3 Å². The zero-order valence-corrected chi connectivity index (χ0v) is 16.1. The van der Waals surface area contributed by atoms with Crippen molar-refractivity contribution in [3.05, 3.63) is 58.4 Å². The van der Waals surface area contributed by atoms with Crippen LogP contribution in [0.1, 0.15) is 36.9 Å². The maximum atomic E-state index is 10.3. The second kappa shape index (κ2) is 8.30. The lowest BCUT2D eigenvalue weighted by molar-refractivity contribution is 0.159. The van der Waals surface area contributed by atoms with E-state index in [1.165, 1.54) is 12.1 Å². The molecule has 0 aliphatic rings. The van der Waals surface area contributed by atoms with Crippen LogP contribution in [0.3, 0.4) is 0 Å². The number of nitrogens with one attached hydrogen (secondary N) is 1. The van der Waals surface area contributed by atoms with Gasteiger partial charge in [0.25, 0.3) is 0 Å². The van der Waals surface area contributed by atoms with Crippen molar-refractivity contribution in [2.45, 2.75) is 32.4 Å². The summed E-state index contributed by atoms with van der Waals surface area (Å²) in [6.45, 7) is 3.54. The predicted octanol–water partition coefficient (Wildman–Crippen LogP) is 4.06. The number of nitriles is 1. The number of anilines is 1. The summed E-state index contributed by atoms with van der Waals surface area (Å²) in [5.41, 5.74) is 2.49. The highest BCUT2D eigenvalue weighted by atomic mass is 35.5. The Hall–Kier alpha value is -3.08. The van der Waals surface area contributed by atoms with Gasteiger partial charge in [0.2, 0.25) is 11.8 Å². The van der Waals surface area contributed by atoms with Crippen LogP contribution in [0.5, 0.6) is 5.75 Å². The predicted molar refractivity (Wildman–Crippen MR) is 105 cm³/mol. The number of nitrogens with zero attached hydrogens (tertiary/aromatic N) is 3. The minimum atomic E-state index is -0.841. The third kappa shape index (κ3) is 3.93. The molecule has 2 atom stereocenters. The molecule has 0 bridgehead atoms. The molecule has 0 fully saturated rings. The molecule has 144 valence electrons. The average Bonchev–Trinajstić information content (AvgIpc) is 3.16. The van der Waals surface area contributed by atoms with Crippen molar-refractivity contribution in [2.75, 3.05) is 5.32 Å². The van der Waals surface area contributed by atoms with Crippen LogP contribution < -0.4 is 5.32 Å². The van der Waals surface area contributed by atoms with Gasteiger partial charge in [0.05, 0.1) is 16.7 Å². The lowest BCUT2D eigenvalue weighted by Gasteiger charge is -2.21. The average molecular weight is 399 g/mol. The summed E-state index contributed by atoms with van der Waals surface area (Å²) in [5.74, 6) is 0.619. The SMILES string of the molecule is CCc1c(N[C@@H](c2nnc(-c3ccc(O)cc3)o2)[C@H](C)O)ccc(C#N)c1Cl. The lowest BCUT2D eigenvalue weighted by atomic mass is 10.0. The molecule has 3 N–H and O–H groups in total. The molecule has 0 radical (unpaired) electrons. The molecule has 0 spiro atoms. The third-order valence-electron chi connectivity index (χ3n) is 4.33. The van der Waals surface area contributed by atoms with Crippen molar-refractivity contribution in [1.29, 1.82) is 5.26 Å². The van der Waals surface area contributed by atoms with E-state index in [1.807, 2.05) is 6.92 Å². The summed E-state index contributed by atoms with van der Waals surface area (Å²) in [7, 11) is 0. The summed E-state index contributed by atoms with van der Waals surface area (Å²) in [6, 6.07) is 11.1. The van der Waals surface area contributed by atoms with E-state index in [-0.39, 0.29) is 17.5 Å². The van der Waals surface area contributed by atoms with E-state index in [1.54, 1.807) is 31.2 Å². The molecule has 0 aliphatic carbocycles. The number of aliphatic hydroxyl groups is 1. The highest BCUT2D eigenvalue weighted by Gasteiger charge is 2.25. The molecule has 8 heteroatoms. The molecule has 7 nitrogen and oxygen atoms in total. The summed E-state index contributed by atoms with van der Waals surface area (Å²) in [6.07, 6.45) is -0.238. The van der Waals surface area contributed by atoms with Gasteiger partial charge in [-0.1, -0.05) is 18.5 Å². The molecule has 3 rings (SSSR count). The first-order chi connectivity index (χ1) is 13.4. The Morgan fingerprint density at radius 3 is 2.54 bits per heavy atom. The Balaban J connectivity index is 1.93. The van der Waals surface area contributed by atoms with Crippen LogP contribution in [0.15, 0.2) is 40.8 Å². The number of phenols is 1. The number of hydrogen-bond acceptors (Lipinski definition) is 7. The van der Waals surface area contributed by atoms with Crippen molar-refractivity contribution in [3.8, 4) is 23.3 Å². The topological polar surface area (TPSA) is 115 Å². The smallest absolute Gasteiger partial charge is 0.247 e. The molecule has 0 amide bonds. The first-order valence-corrected chi connectivity index (χ1v) is 9.11. The van der Waals surface area contributed by atoms with Gasteiger partial charge >= 0.3 is 0 Å². The zero-order chi connectivity index (χ0) is 20.3. The van der Waals surface area contributed by atoms with E-state index in [9.17, 15) is 10.2 Å². The van der Waals surface area contributed by atoms with Crippen LogP contribution in [0.25, 0.3) is 11.5 Å². The molecule has 1 heterocycles. The zero-order valence-electron chi connectivity index (χ0n) is 15.3. The normalized spacial score (nSPS) is 13.0. The van der Waals surface area contributed by atoms with Crippen molar-refractivity contribution in [1.82, 2.24) is 10.2 Å². The van der Waals surface area contributed by atoms with Crippen molar-refractivity contribution < 1.29 is 14.6 Å². The van der Waals surface area contributed by atoms with Crippen LogP contribution in [0.2, 0.25) is 5.02 Å². The van der Waals surface area contributed by atoms with Crippen molar-refractivity contribution >= 4 is 17.3 Å². The largest absolute Gasteiger partial charge is 0.508 e. The lowest BCUT2D eigenvalue weighted by Crippen LogP contribution is -2.24. The Morgan fingerprint density at radius 2 is 1.93 bits per heavy atom.